The minimum atomic E-state index is 0. The summed E-state index contributed by atoms with van der Waals surface area (Å²) in [5, 5.41) is 13.1. The second-order valence-corrected chi connectivity index (χ2v) is 6.77. The molecule has 0 saturated heterocycles. The molecule has 0 unspecified atom stereocenters. The molecule has 8 heteroatoms. The van der Waals surface area contributed by atoms with Crippen molar-refractivity contribution in [3.8, 4) is 11.5 Å². The number of hydrogen-bond donors (Lipinski definition) is 2. The molecule has 0 spiro atoms. The second-order valence-electron chi connectivity index (χ2n) is 4.97. The molecule has 2 aromatic rings. The van der Waals surface area contributed by atoms with Gasteiger partial charge in [0.05, 0.1) is 18.0 Å². The summed E-state index contributed by atoms with van der Waals surface area (Å²) in [6.07, 6.45) is 0. The van der Waals surface area contributed by atoms with Gasteiger partial charge in [0.25, 0.3) is 0 Å². The summed E-state index contributed by atoms with van der Waals surface area (Å²) >= 11 is 7.52. The molecule has 0 bridgehead atoms. The summed E-state index contributed by atoms with van der Waals surface area (Å²) in [6.45, 7) is 1.28. The first-order chi connectivity index (χ1) is 11.0. The number of aromatic hydroxyl groups is 1. The fourth-order valence-corrected chi connectivity index (χ4v) is 3.30. The Balaban J connectivity index is 0.00000288. The van der Waals surface area contributed by atoms with Gasteiger partial charge < -0.3 is 20.1 Å². The van der Waals surface area contributed by atoms with Gasteiger partial charge >= 0.3 is 0 Å². The summed E-state index contributed by atoms with van der Waals surface area (Å²) in [6, 6.07) is 9.23. The van der Waals surface area contributed by atoms with Gasteiger partial charge in [-0.2, -0.15) is 0 Å². The maximum Gasteiger partial charge on any atom is 0.193 e. The third-order valence-corrected chi connectivity index (χ3v) is 4.51. The highest BCUT2D eigenvalue weighted by molar-refractivity contribution is 14.0. The summed E-state index contributed by atoms with van der Waals surface area (Å²) in [5.41, 5.74) is 0.942. The van der Waals surface area contributed by atoms with E-state index in [0.717, 1.165) is 22.4 Å². The molecule has 2 N–H and O–H groups in total. The van der Waals surface area contributed by atoms with Crippen LogP contribution in [0.3, 0.4) is 0 Å². The number of phenolic OH excluding ortho intramolecular Hbond substituents is 1. The van der Waals surface area contributed by atoms with Crippen molar-refractivity contribution in [1.29, 1.82) is 0 Å². The lowest BCUT2D eigenvalue weighted by atomic mass is 10.2. The summed E-state index contributed by atoms with van der Waals surface area (Å²) in [7, 11) is 5.24. The van der Waals surface area contributed by atoms with E-state index in [9.17, 15) is 5.11 Å². The predicted molar refractivity (Wildman–Crippen MR) is 111 cm³/mol. The smallest absolute Gasteiger partial charge is 0.193 e. The minimum Gasteiger partial charge on any atom is -0.504 e. The van der Waals surface area contributed by atoms with E-state index in [1.54, 1.807) is 30.5 Å². The lowest BCUT2D eigenvalue weighted by Crippen LogP contribution is -2.37. The van der Waals surface area contributed by atoms with E-state index in [1.165, 1.54) is 12.0 Å². The Hall–Kier alpha value is -1.19. The van der Waals surface area contributed by atoms with Crippen molar-refractivity contribution in [2.24, 2.45) is 4.99 Å². The van der Waals surface area contributed by atoms with Gasteiger partial charge in [-0.05, 0) is 29.8 Å². The summed E-state index contributed by atoms with van der Waals surface area (Å²) in [4.78, 5) is 7.47. The molecule has 0 fully saturated rings. The van der Waals surface area contributed by atoms with Gasteiger partial charge in [0, 0.05) is 25.5 Å². The molecule has 2 rings (SSSR count). The number of hydrogen-bond acceptors (Lipinski definition) is 4. The van der Waals surface area contributed by atoms with Crippen LogP contribution in [-0.4, -0.2) is 37.2 Å². The number of guanidine groups is 1. The molecule has 0 saturated carbocycles. The van der Waals surface area contributed by atoms with E-state index >= 15 is 0 Å². The number of halogens is 2. The maximum absolute atomic E-state index is 9.82. The molecule has 0 aliphatic rings. The van der Waals surface area contributed by atoms with Crippen molar-refractivity contribution < 1.29 is 9.84 Å². The van der Waals surface area contributed by atoms with E-state index in [2.05, 4.69) is 10.3 Å². The van der Waals surface area contributed by atoms with Gasteiger partial charge in [0.1, 0.15) is 0 Å². The number of nitrogens with zero attached hydrogens (tertiary/aromatic N) is 2. The highest BCUT2D eigenvalue weighted by atomic mass is 127. The topological polar surface area (TPSA) is 57.1 Å². The van der Waals surface area contributed by atoms with E-state index in [1.807, 2.05) is 30.1 Å². The standard InChI is InChI=1S/C16H20ClN3O2S.HI/c1-18-16(20(2)10-12-5-7-15(17)23-12)19-9-11-4-6-14(22-3)13(21)8-11;/h4-8,21H,9-10H2,1-3H3,(H,18,19);1H. The minimum absolute atomic E-state index is 0. The van der Waals surface area contributed by atoms with Gasteiger partial charge in [-0.3, -0.25) is 4.99 Å². The van der Waals surface area contributed by atoms with Crippen LogP contribution >= 0.6 is 46.9 Å². The number of benzene rings is 1. The third kappa shape index (κ3) is 5.71. The van der Waals surface area contributed by atoms with Gasteiger partial charge in [-0.25, -0.2) is 0 Å². The number of aliphatic imine (C=N–C) groups is 1. The quantitative estimate of drug-likeness (QED) is 0.386. The summed E-state index contributed by atoms with van der Waals surface area (Å²) in [5.74, 6) is 1.36. The molecule has 24 heavy (non-hydrogen) atoms. The zero-order valence-electron chi connectivity index (χ0n) is 13.7. The lowest BCUT2D eigenvalue weighted by Gasteiger charge is -2.21. The average Bonchev–Trinajstić information content (AvgIpc) is 2.93. The fourth-order valence-electron chi connectivity index (χ4n) is 2.16. The SMILES string of the molecule is CN=C(NCc1ccc(OC)c(O)c1)N(C)Cc1ccc(Cl)s1.I. The van der Waals surface area contributed by atoms with Crippen LogP contribution < -0.4 is 10.1 Å². The first kappa shape index (κ1) is 20.9. The maximum atomic E-state index is 9.82. The largest absolute Gasteiger partial charge is 0.504 e. The van der Waals surface area contributed by atoms with Crippen LogP contribution in [-0.2, 0) is 13.1 Å². The second kappa shape index (κ2) is 9.95. The number of methoxy groups -OCH3 is 1. The van der Waals surface area contributed by atoms with Crippen molar-refractivity contribution in [2.75, 3.05) is 21.2 Å². The highest BCUT2D eigenvalue weighted by Crippen LogP contribution is 2.26. The Kier molecular flexibility index (Phi) is 8.65. The first-order valence-corrected chi connectivity index (χ1v) is 8.24. The Bertz CT molecular complexity index is 694. The molecule has 1 aromatic heterocycles. The van der Waals surface area contributed by atoms with E-state index in [0.29, 0.717) is 12.3 Å². The third-order valence-electron chi connectivity index (χ3n) is 3.29. The van der Waals surface area contributed by atoms with Gasteiger partial charge in [-0.1, -0.05) is 17.7 Å². The molecule has 5 nitrogen and oxygen atoms in total. The van der Waals surface area contributed by atoms with Crippen LogP contribution in [0.4, 0.5) is 0 Å². The van der Waals surface area contributed by atoms with Crippen molar-refractivity contribution in [3.05, 3.63) is 45.1 Å². The number of phenols is 1. The number of nitrogens with one attached hydrogen (secondary N) is 1. The number of rotatable bonds is 5. The molecule has 132 valence electrons. The van der Waals surface area contributed by atoms with Crippen LogP contribution in [0.5, 0.6) is 11.5 Å². The van der Waals surface area contributed by atoms with Gasteiger partial charge in [0.2, 0.25) is 0 Å². The Morgan fingerprint density at radius 1 is 1.38 bits per heavy atom. The van der Waals surface area contributed by atoms with Crippen LogP contribution in [0.25, 0.3) is 0 Å². The van der Waals surface area contributed by atoms with Gasteiger partial charge in [-0.15, -0.1) is 35.3 Å². The Morgan fingerprint density at radius 2 is 2.12 bits per heavy atom. The zero-order chi connectivity index (χ0) is 16.8. The Labute approximate surface area is 168 Å². The van der Waals surface area contributed by atoms with Crippen molar-refractivity contribution in [3.63, 3.8) is 0 Å². The van der Waals surface area contributed by atoms with Crippen molar-refractivity contribution >= 4 is 52.9 Å². The van der Waals surface area contributed by atoms with E-state index in [4.69, 9.17) is 16.3 Å². The molecule has 1 aromatic carbocycles. The fraction of sp³-hybridized carbons (Fsp3) is 0.312. The van der Waals surface area contributed by atoms with Crippen LogP contribution in [0.2, 0.25) is 4.34 Å². The molecule has 1 heterocycles. The molecule has 0 aliphatic heterocycles. The van der Waals surface area contributed by atoms with Crippen LogP contribution in [0, 0.1) is 0 Å². The molecular weight excluding hydrogens is 461 g/mol. The molecule has 0 amide bonds. The Morgan fingerprint density at radius 3 is 2.67 bits per heavy atom. The first-order valence-electron chi connectivity index (χ1n) is 7.05. The molecule has 0 atom stereocenters. The van der Waals surface area contributed by atoms with Crippen molar-refractivity contribution in [2.45, 2.75) is 13.1 Å². The molecule has 0 aliphatic carbocycles. The number of thiophene rings is 1. The lowest BCUT2D eigenvalue weighted by molar-refractivity contribution is 0.373. The predicted octanol–water partition coefficient (Wildman–Crippen LogP) is 3.94. The average molecular weight is 482 g/mol. The normalized spacial score (nSPS) is 10.9. The molecular formula is C16H21ClIN3O2S. The monoisotopic (exact) mass is 481 g/mol. The van der Waals surface area contributed by atoms with Crippen molar-refractivity contribution in [1.82, 2.24) is 10.2 Å². The van der Waals surface area contributed by atoms with Crippen LogP contribution in [0.15, 0.2) is 35.3 Å². The van der Waals surface area contributed by atoms with E-state index in [-0.39, 0.29) is 29.7 Å². The van der Waals surface area contributed by atoms with E-state index < -0.39 is 0 Å². The zero-order valence-corrected chi connectivity index (χ0v) is 17.6. The molecule has 0 radical (unpaired) electrons. The number of ether oxygens (including phenoxy) is 1. The van der Waals surface area contributed by atoms with Gasteiger partial charge in [0.15, 0.2) is 17.5 Å². The van der Waals surface area contributed by atoms with Crippen LogP contribution in [0.1, 0.15) is 10.4 Å². The summed E-state index contributed by atoms with van der Waals surface area (Å²) < 4.78 is 5.82. The highest BCUT2D eigenvalue weighted by Gasteiger charge is 2.09.